The number of halogens is 1. The number of hydrogen-bond acceptors (Lipinski definition) is 2. The molecule has 0 aliphatic heterocycles. The smallest absolute Gasteiger partial charge is 0.123 e. The van der Waals surface area contributed by atoms with E-state index in [0.717, 1.165) is 15.4 Å². The molecule has 0 spiro atoms. The molecule has 0 radical (unpaired) electrons. The summed E-state index contributed by atoms with van der Waals surface area (Å²) in [7, 11) is 0. The molecule has 0 unspecified atom stereocenters. The number of rotatable bonds is 2. The summed E-state index contributed by atoms with van der Waals surface area (Å²) in [4.78, 5) is 2.03. The van der Waals surface area contributed by atoms with Crippen LogP contribution in [-0.4, -0.2) is 0 Å². The maximum atomic E-state index is 12.7. The Morgan fingerprint density at radius 3 is 2.29 bits per heavy atom. The van der Waals surface area contributed by atoms with Crippen molar-refractivity contribution in [2.24, 2.45) is 0 Å². The summed E-state index contributed by atoms with van der Waals surface area (Å²) in [5, 5.41) is 8.83. The maximum Gasteiger partial charge on any atom is 0.123 e. The van der Waals surface area contributed by atoms with E-state index in [2.05, 4.69) is 6.07 Å². The summed E-state index contributed by atoms with van der Waals surface area (Å²) in [5.74, 6) is -0.231. The van der Waals surface area contributed by atoms with E-state index in [0.29, 0.717) is 5.56 Å². The van der Waals surface area contributed by atoms with E-state index in [1.165, 1.54) is 12.1 Å². The average molecular weight is 243 g/mol. The van der Waals surface area contributed by atoms with Gasteiger partial charge in [0.1, 0.15) is 5.82 Å². The quantitative estimate of drug-likeness (QED) is 0.790. The maximum absolute atomic E-state index is 12.7. The van der Waals surface area contributed by atoms with Crippen molar-refractivity contribution in [3.05, 3.63) is 59.4 Å². The summed E-state index contributed by atoms with van der Waals surface area (Å²) in [5.41, 5.74) is 1.65. The zero-order valence-electron chi connectivity index (χ0n) is 9.27. The minimum Gasteiger partial charge on any atom is -0.207 e. The van der Waals surface area contributed by atoms with Crippen LogP contribution < -0.4 is 0 Å². The number of nitrogens with zero attached hydrogens (tertiary/aromatic N) is 1. The molecule has 0 atom stereocenters. The Morgan fingerprint density at radius 2 is 1.71 bits per heavy atom. The Hall–Kier alpha value is -1.79. The molecule has 2 rings (SSSR count). The molecular formula is C14H10FNS. The number of aryl methyl sites for hydroxylation is 1. The van der Waals surface area contributed by atoms with Crippen molar-refractivity contribution in [3.63, 3.8) is 0 Å². The van der Waals surface area contributed by atoms with Crippen LogP contribution in [0.25, 0.3) is 0 Å². The van der Waals surface area contributed by atoms with Crippen LogP contribution in [0.1, 0.15) is 11.1 Å². The normalized spacial score (nSPS) is 9.94. The Kier molecular flexibility index (Phi) is 3.46. The summed E-state index contributed by atoms with van der Waals surface area (Å²) in [6.07, 6.45) is 0. The lowest BCUT2D eigenvalue weighted by molar-refractivity contribution is 0.626. The molecule has 1 nitrogen and oxygen atoms in total. The van der Waals surface area contributed by atoms with E-state index in [4.69, 9.17) is 5.26 Å². The van der Waals surface area contributed by atoms with Gasteiger partial charge < -0.3 is 0 Å². The van der Waals surface area contributed by atoms with E-state index >= 15 is 0 Å². The minimum atomic E-state index is -0.231. The molecule has 2 aromatic carbocycles. The zero-order valence-corrected chi connectivity index (χ0v) is 10.1. The Balaban J connectivity index is 2.22. The van der Waals surface area contributed by atoms with E-state index < -0.39 is 0 Å². The van der Waals surface area contributed by atoms with Gasteiger partial charge in [0.15, 0.2) is 0 Å². The van der Waals surface area contributed by atoms with Gasteiger partial charge >= 0.3 is 0 Å². The van der Waals surface area contributed by atoms with Crippen LogP contribution >= 0.6 is 11.8 Å². The molecule has 0 aliphatic carbocycles. The molecule has 0 fully saturated rings. The highest BCUT2D eigenvalue weighted by molar-refractivity contribution is 7.99. The highest BCUT2D eigenvalue weighted by atomic mass is 32.2. The van der Waals surface area contributed by atoms with Gasteiger partial charge in [-0.15, -0.1) is 0 Å². The first-order valence-corrected chi connectivity index (χ1v) is 5.95. The number of nitriles is 1. The molecular weight excluding hydrogens is 233 g/mol. The number of benzene rings is 2. The van der Waals surface area contributed by atoms with Crippen molar-refractivity contribution >= 4 is 11.8 Å². The molecule has 0 amide bonds. The first kappa shape index (κ1) is 11.7. The third kappa shape index (κ3) is 2.86. The van der Waals surface area contributed by atoms with Gasteiger partial charge in [0.05, 0.1) is 11.6 Å². The molecule has 84 valence electrons. The van der Waals surface area contributed by atoms with Gasteiger partial charge in [0, 0.05) is 9.79 Å². The Morgan fingerprint density at radius 1 is 1.06 bits per heavy atom. The van der Waals surface area contributed by atoms with Gasteiger partial charge in [0.25, 0.3) is 0 Å². The molecule has 0 aliphatic rings. The molecule has 0 N–H and O–H groups in total. The van der Waals surface area contributed by atoms with Crippen molar-refractivity contribution < 1.29 is 4.39 Å². The number of hydrogen-bond donors (Lipinski definition) is 0. The van der Waals surface area contributed by atoms with Gasteiger partial charge in [-0.1, -0.05) is 11.8 Å². The molecule has 0 saturated carbocycles. The van der Waals surface area contributed by atoms with Gasteiger partial charge in [-0.05, 0) is 55.0 Å². The largest absolute Gasteiger partial charge is 0.207 e. The first-order chi connectivity index (χ1) is 8.19. The average Bonchev–Trinajstić information content (AvgIpc) is 2.32. The lowest BCUT2D eigenvalue weighted by Crippen LogP contribution is -1.82. The van der Waals surface area contributed by atoms with Gasteiger partial charge in [-0.2, -0.15) is 5.26 Å². The lowest BCUT2D eigenvalue weighted by atomic mass is 10.1. The molecule has 0 heterocycles. The fraction of sp³-hybridized carbons (Fsp3) is 0.0714. The summed E-state index contributed by atoms with van der Waals surface area (Å²) < 4.78 is 12.7. The van der Waals surface area contributed by atoms with Gasteiger partial charge in [-0.25, -0.2) is 4.39 Å². The molecule has 2 aromatic rings. The summed E-state index contributed by atoms with van der Waals surface area (Å²) in [6.45, 7) is 1.91. The van der Waals surface area contributed by atoms with Crippen molar-refractivity contribution in [2.75, 3.05) is 0 Å². The molecule has 17 heavy (non-hydrogen) atoms. The predicted molar refractivity (Wildman–Crippen MR) is 66.4 cm³/mol. The molecule has 0 aromatic heterocycles. The van der Waals surface area contributed by atoms with Crippen LogP contribution in [0.2, 0.25) is 0 Å². The van der Waals surface area contributed by atoms with Crippen LogP contribution in [0.15, 0.2) is 52.3 Å². The van der Waals surface area contributed by atoms with Crippen LogP contribution in [0.4, 0.5) is 4.39 Å². The van der Waals surface area contributed by atoms with Gasteiger partial charge in [-0.3, -0.25) is 0 Å². The van der Waals surface area contributed by atoms with E-state index in [9.17, 15) is 4.39 Å². The SMILES string of the molecule is Cc1cc(Sc2ccc(F)cc2)ccc1C#N. The van der Waals surface area contributed by atoms with Gasteiger partial charge in [0.2, 0.25) is 0 Å². The van der Waals surface area contributed by atoms with Crippen LogP contribution in [0.5, 0.6) is 0 Å². The standard InChI is InChI=1S/C14H10FNS/c1-10-8-14(5-2-11(10)9-16)17-13-6-3-12(15)4-7-13/h2-8H,1H3. The Bertz CT molecular complexity index is 570. The predicted octanol–water partition coefficient (Wildman–Crippen LogP) is 4.16. The lowest BCUT2D eigenvalue weighted by Gasteiger charge is -2.03. The molecule has 0 saturated heterocycles. The third-order valence-electron chi connectivity index (χ3n) is 2.37. The van der Waals surface area contributed by atoms with Crippen LogP contribution in [0.3, 0.4) is 0 Å². The second kappa shape index (κ2) is 5.03. The fourth-order valence-corrected chi connectivity index (χ4v) is 2.38. The first-order valence-electron chi connectivity index (χ1n) is 5.13. The van der Waals surface area contributed by atoms with E-state index in [1.54, 1.807) is 30.0 Å². The topological polar surface area (TPSA) is 23.8 Å². The third-order valence-corrected chi connectivity index (χ3v) is 3.37. The van der Waals surface area contributed by atoms with E-state index in [1.807, 2.05) is 19.1 Å². The van der Waals surface area contributed by atoms with E-state index in [-0.39, 0.29) is 5.82 Å². The fourth-order valence-electron chi connectivity index (χ4n) is 1.46. The second-order valence-corrected chi connectivity index (χ2v) is 4.79. The van der Waals surface area contributed by atoms with Crippen molar-refractivity contribution in [3.8, 4) is 6.07 Å². The zero-order chi connectivity index (χ0) is 12.3. The van der Waals surface area contributed by atoms with Crippen LogP contribution in [0, 0.1) is 24.1 Å². The Labute approximate surface area is 104 Å². The van der Waals surface area contributed by atoms with Crippen LogP contribution in [-0.2, 0) is 0 Å². The highest BCUT2D eigenvalue weighted by Gasteiger charge is 2.01. The molecule has 3 heteroatoms. The van der Waals surface area contributed by atoms with Crippen molar-refractivity contribution in [1.82, 2.24) is 0 Å². The molecule has 0 bridgehead atoms. The highest BCUT2D eigenvalue weighted by Crippen LogP contribution is 2.28. The minimum absolute atomic E-state index is 0.231. The van der Waals surface area contributed by atoms with Crippen molar-refractivity contribution in [2.45, 2.75) is 16.7 Å². The summed E-state index contributed by atoms with van der Waals surface area (Å²) >= 11 is 1.55. The summed E-state index contributed by atoms with van der Waals surface area (Å²) in [6, 6.07) is 14.2. The monoisotopic (exact) mass is 243 g/mol. The van der Waals surface area contributed by atoms with Crippen molar-refractivity contribution in [1.29, 1.82) is 5.26 Å². The second-order valence-electron chi connectivity index (χ2n) is 3.64.